The monoisotopic (exact) mass is 370 g/mol. The van der Waals surface area contributed by atoms with Gasteiger partial charge in [0, 0.05) is 60.6 Å². The van der Waals surface area contributed by atoms with Gasteiger partial charge in [0.05, 0.1) is 5.69 Å². The van der Waals surface area contributed by atoms with E-state index in [1.807, 2.05) is 42.7 Å². The topological polar surface area (TPSA) is 41.1 Å². The van der Waals surface area contributed by atoms with Crippen LogP contribution < -0.4 is 5.32 Å². The lowest BCUT2D eigenvalue weighted by Gasteiger charge is -2.35. The Morgan fingerprint density at radius 2 is 2.12 bits per heavy atom. The quantitative estimate of drug-likeness (QED) is 0.753. The van der Waals surface area contributed by atoms with Gasteiger partial charge in [-0.15, -0.1) is 11.3 Å². The molecule has 0 radical (unpaired) electrons. The summed E-state index contributed by atoms with van der Waals surface area (Å²) in [7, 11) is 0. The van der Waals surface area contributed by atoms with Gasteiger partial charge in [0.2, 0.25) is 0 Å². The van der Waals surface area contributed by atoms with Crippen molar-refractivity contribution in [3.63, 3.8) is 0 Å². The largest absolute Gasteiger partial charge is 0.314 e. The number of hydrogen-bond donors (Lipinski definition) is 1. The second-order valence-electron chi connectivity index (χ2n) is 6.13. The molecule has 1 unspecified atom stereocenters. The van der Waals surface area contributed by atoms with Crippen LogP contribution in [0.25, 0.3) is 10.6 Å². The molecule has 0 aliphatic carbocycles. The number of thiazole rings is 1. The lowest BCUT2D eigenvalue weighted by Crippen LogP contribution is -2.45. The molecule has 1 aromatic carbocycles. The summed E-state index contributed by atoms with van der Waals surface area (Å²) >= 11 is 7.66. The highest BCUT2D eigenvalue weighted by atomic mass is 35.5. The number of halogens is 1. The number of benzene rings is 1. The molecule has 1 saturated heterocycles. The van der Waals surface area contributed by atoms with Gasteiger partial charge in [-0.1, -0.05) is 29.8 Å². The Kier molecular flexibility index (Phi) is 5.08. The maximum atomic E-state index is 5.97. The van der Waals surface area contributed by atoms with Crippen LogP contribution in [0.4, 0.5) is 0 Å². The first-order valence-electron chi connectivity index (χ1n) is 8.34. The lowest BCUT2D eigenvalue weighted by atomic mass is 10.1. The third-order valence-electron chi connectivity index (χ3n) is 4.43. The predicted octanol–water partition coefficient (Wildman–Crippen LogP) is 4.01. The number of rotatable bonds is 4. The Hall–Kier alpha value is -1.79. The van der Waals surface area contributed by atoms with E-state index in [-0.39, 0.29) is 0 Å². The molecule has 1 atom stereocenters. The summed E-state index contributed by atoms with van der Waals surface area (Å²) in [4.78, 5) is 11.6. The zero-order valence-corrected chi connectivity index (χ0v) is 15.3. The van der Waals surface area contributed by atoms with Gasteiger partial charge in [0.1, 0.15) is 5.01 Å². The fourth-order valence-electron chi connectivity index (χ4n) is 3.15. The average molecular weight is 371 g/mol. The second-order valence-corrected chi connectivity index (χ2v) is 7.42. The van der Waals surface area contributed by atoms with Crippen molar-refractivity contribution in [1.82, 2.24) is 20.2 Å². The summed E-state index contributed by atoms with van der Waals surface area (Å²) in [5.41, 5.74) is 3.48. The molecular formula is C19H19ClN4S. The molecule has 0 saturated carbocycles. The van der Waals surface area contributed by atoms with E-state index in [1.165, 1.54) is 5.56 Å². The van der Waals surface area contributed by atoms with Crippen LogP contribution in [-0.4, -0.2) is 34.5 Å². The Morgan fingerprint density at radius 1 is 1.24 bits per heavy atom. The van der Waals surface area contributed by atoms with Crippen LogP contribution in [0.1, 0.15) is 17.3 Å². The molecule has 3 heterocycles. The molecule has 2 aromatic heterocycles. The Labute approximate surface area is 156 Å². The SMILES string of the molecule is Clc1ccc(-c2nc(CN3CCNCC3c3cccnc3)cs2)cc1. The zero-order valence-electron chi connectivity index (χ0n) is 13.7. The lowest BCUT2D eigenvalue weighted by molar-refractivity contribution is 0.152. The van der Waals surface area contributed by atoms with Crippen molar-refractivity contribution in [1.29, 1.82) is 0 Å². The summed E-state index contributed by atoms with van der Waals surface area (Å²) in [6, 6.07) is 12.4. The highest BCUT2D eigenvalue weighted by molar-refractivity contribution is 7.13. The Bertz CT molecular complexity index is 819. The molecule has 6 heteroatoms. The van der Waals surface area contributed by atoms with Crippen molar-refractivity contribution in [3.8, 4) is 10.6 Å². The third kappa shape index (κ3) is 3.90. The van der Waals surface area contributed by atoms with E-state index in [0.29, 0.717) is 6.04 Å². The first-order valence-corrected chi connectivity index (χ1v) is 9.60. The average Bonchev–Trinajstić information content (AvgIpc) is 3.12. The molecule has 1 fully saturated rings. The number of aromatic nitrogens is 2. The maximum Gasteiger partial charge on any atom is 0.123 e. The van der Waals surface area contributed by atoms with E-state index in [2.05, 4.69) is 26.6 Å². The predicted molar refractivity (Wildman–Crippen MR) is 103 cm³/mol. The Balaban J connectivity index is 1.51. The molecule has 1 N–H and O–H groups in total. The summed E-state index contributed by atoms with van der Waals surface area (Å²) < 4.78 is 0. The van der Waals surface area contributed by atoms with Gasteiger partial charge >= 0.3 is 0 Å². The molecule has 128 valence electrons. The van der Waals surface area contributed by atoms with E-state index in [4.69, 9.17) is 16.6 Å². The van der Waals surface area contributed by atoms with Crippen LogP contribution >= 0.6 is 22.9 Å². The van der Waals surface area contributed by atoms with Gasteiger partial charge in [0.25, 0.3) is 0 Å². The van der Waals surface area contributed by atoms with Crippen LogP contribution in [0.5, 0.6) is 0 Å². The van der Waals surface area contributed by atoms with Crippen LogP contribution in [0.3, 0.4) is 0 Å². The van der Waals surface area contributed by atoms with Crippen molar-refractivity contribution >= 4 is 22.9 Å². The first kappa shape index (κ1) is 16.7. The van der Waals surface area contributed by atoms with Crippen molar-refractivity contribution in [2.24, 2.45) is 0 Å². The van der Waals surface area contributed by atoms with E-state index in [9.17, 15) is 0 Å². The molecular weight excluding hydrogens is 352 g/mol. The van der Waals surface area contributed by atoms with Gasteiger partial charge in [-0.05, 0) is 23.8 Å². The van der Waals surface area contributed by atoms with Crippen LogP contribution in [0.2, 0.25) is 5.02 Å². The van der Waals surface area contributed by atoms with Crippen molar-refractivity contribution in [3.05, 3.63) is 70.5 Å². The highest BCUT2D eigenvalue weighted by Crippen LogP contribution is 2.28. The fourth-order valence-corrected chi connectivity index (χ4v) is 4.09. The number of nitrogens with zero attached hydrogens (tertiary/aromatic N) is 3. The first-order chi connectivity index (χ1) is 12.3. The Morgan fingerprint density at radius 3 is 2.92 bits per heavy atom. The standard InChI is InChI=1S/C19H19ClN4S/c20-16-5-3-14(4-6-16)19-23-17(13-25-19)12-24-9-8-22-11-18(24)15-2-1-7-21-10-15/h1-7,10,13,18,22H,8-9,11-12H2. The minimum Gasteiger partial charge on any atom is -0.314 e. The molecule has 0 spiro atoms. The summed E-state index contributed by atoms with van der Waals surface area (Å²) in [5, 5.41) is 7.44. The normalized spacial score (nSPS) is 18.4. The molecule has 4 nitrogen and oxygen atoms in total. The van der Waals surface area contributed by atoms with Crippen LogP contribution in [0, 0.1) is 0 Å². The van der Waals surface area contributed by atoms with Crippen LogP contribution in [0.15, 0.2) is 54.2 Å². The molecule has 25 heavy (non-hydrogen) atoms. The number of pyridine rings is 1. The molecule has 3 aromatic rings. The summed E-state index contributed by atoms with van der Waals surface area (Å²) in [5.74, 6) is 0. The van der Waals surface area contributed by atoms with Gasteiger partial charge < -0.3 is 5.32 Å². The molecule has 0 bridgehead atoms. The highest BCUT2D eigenvalue weighted by Gasteiger charge is 2.24. The van der Waals surface area contributed by atoms with E-state index < -0.39 is 0 Å². The second kappa shape index (κ2) is 7.62. The van der Waals surface area contributed by atoms with Gasteiger partial charge in [0.15, 0.2) is 0 Å². The van der Waals surface area contributed by atoms with E-state index in [0.717, 1.165) is 47.5 Å². The maximum absolute atomic E-state index is 5.97. The summed E-state index contributed by atoms with van der Waals surface area (Å²) in [6.07, 6.45) is 3.79. The van der Waals surface area contributed by atoms with Gasteiger partial charge in [-0.2, -0.15) is 0 Å². The van der Waals surface area contributed by atoms with Crippen molar-refractivity contribution < 1.29 is 0 Å². The number of piperazine rings is 1. The number of nitrogens with one attached hydrogen (secondary N) is 1. The minimum absolute atomic E-state index is 0.336. The zero-order chi connectivity index (χ0) is 17.1. The molecule has 1 aliphatic rings. The fraction of sp³-hybridized carbons (Fsp3) is 0.263. The third-order valence-corrected chi connectivity index (χ3v) is 5.62. The van der Waals surface area contributed by atoms with Crippen molar-refractivity contribution in [2.45, 2.75) is 12.6 Å². The summed E-state index contributed by atoms with van der Waals surface area (Å²) in [6.45, 7) is 3.81. The molecule has 1 aliphatic heterocycles. The molecule has 4 rings (SSSR count). The number of hydrogen-bond acceptors (Lipinski definition) is 5. The van der Waals surface area contributed by atoms with E-state index in [1.54, 1.807) is 11.3 Å². The smallest absolute Gasteiger partial charge is 0.123 e. The van der Waals surface area contributed by atoms with Crippen LogP contribution in [-0.2, 0) is 6.54 Å². The van der Waals surface area contributed by atoms with E-state index >= 15 is 0 Å². The van der Waals surface area contributed by atoms with Gasteiger partial charge in [-0.25, -0.2) is 4.98 Å². The van der Waals surface area contributed by atoms with Crippen molar-refractivity contribution in [2.75, 3.05) is 19.6 Å². The van der Waals surface area contributed by atoms with Gasteiger partial charge in [-0.3, -0.25) is 9.88 Å². The molecule has 0 amide bonds. The minimum atomic E-state index is 0.336.